The van der Waals surface area contributed by atoms with Crippen LogP contribution in [0.5, 0.6) is 0 Å². The fourth-order valence-corrected chi connectivity index (χ4v) is 4.46. The highest BCUT2D eigenvalue weighted by Gasteiger charge is 2.35. The van der Waals surface area contributed by atoms with Crippen molar-refractivity contribution in [2.45, 2.75) is 64.4 Å². The number of imidazole rings is 1. The second-order valence-corrected chi connectivity index (χ2v) is 9.93. The van der Waals surface area contributed by atoms with E-state index in [-0.39, 0.29) is 30.4 Å². The summed E-state index contributed by atoms with van der Waals surface area (Å²) in [6.07, 6.45) is -2.87. The molecule has 194 valence electrons. The molecule has 2 aliphatic heterocycles. The molecule has 3 heterocycles. The quantitative estimate of drug-likeness (QED) is 0.641. The monoisotopic (exact) mass is 508 g/mol. The van der Waals surface area contributed by atoms with Crippen LogP contribution < -0.4 is 11.0 Å². The number of carbonyl (C=O) groups is 3. The van der Waals surface area contributed by atoms with Crippen molar-refractivity contribution in [2.24, 2.45) is 0 Å². The van der Waals surface area contributed by atoms with Crippen LogP contribution in [0.1, 0.15) is 51.6 Å². The molecule has 1 aromatic carbocycles. The van der Waals surface area contributed by atoms with Crippen molar-refractivity contribution in [1.29, 1.82) is 0 Å². The number of rotatable bonds is 3. The molecule has 1 aromatic heterocycles. The van der Waals surface area contributed by atoms with E-state index < -0.39 is 48.0 Å². The van der Waals surface area contributed by atoms with Crippen LogP contribution in [0, 0.1) is 0 Å². The molecule has 2 aromatic rings. The lowest BCUT2D eigenvalue weighted by Crippen LogP contribution is -2.44. The number of imide groups is 1. The first-order valence-electron chi connectivity index (χ1n) is 11.6. The van der Waals surface area contributed by atoms with E-state index in [2.05, 4.69) is 5.32 Å². The van der Waals surface area contributed by atoms with Crippen molar-refractivity contribution in [3.63, 3.8) is 0 Å². The first-order chi connectivity index (χ1) is 16.7. The van der Waals surface area contributed by atoms with Gasteiger partial charge in [-0.3, -0.25) is 24.0 Å². The van der Waals surface area contributed by atoms with Gasteiger partial charge in [-0.2, -0.15) is 13.2 Å². The van der Waals surface area contributed by atoms with E-state index in [0.29, 0.717) is 23.1 Å². The normalized spacial score (nSPS) is 19.3. The number of benzene rings is 1. The summed E-state index contributed by atoms with van der Waals surface area (Å²) in [7, 11) is 0. The van der Waals surface area contributed by atoms with E-state index in [1.54, 1.807) is 32.9 Å². The molecule has 9 nitrogen and oxygen atoms in total. The largest absolute Gasteiger partial charge is 0.444 e. The van der Waals surface area contributed by atoms with Gasteiger partial charge in [-0.1, -0.05) is 12.1 Å². The Hall–Kier alpha value is -3.57. The van der Waals surface area contributed by atoms with E-state index in [0.717, 1.165) is 10.1 Å². The number of fused-ring (bicyclic) bond motifs is 1. The van der Waals surface area contributed by atoms with Crippen molar-refractivity contribution >= 4 is 34.5 Å². The van der Waals surface area contributed by atoms with Gasteiger partial charge < -0.3 is 9.64 Å². The molecule has 2 aliphatic rings. The number of nitrogens with one attached hydrogen (secondary N) is 1. The molecule has 36 heavy (non-hydrogen) atoms. The number of amides is 3. The minimum absolute atomic E-state index is 0.0170. The summed E-state index contributed by atoms with van der Waals surface area (Å²) < 4.78 is 47.1. The molecule has 1 fully saturated rings. The number of nitrogens with zero attached hydrogens (tertiary/aromatic N) is 3. The minimum atomic E-state index is -4.66. The summed E-state index contributed by atoms with van der Waals surface area (Å²) in [6, 6.07) is 3.61. The Bertz CT molecular complexity index is 1320. The first-order valence-corrected chi connectivity index (χ1v) is 11.6. The number of hydrogen-bond acceptors (Lipinski definition) is 5. The molecule has 1 atom stereocenters. The average molecular weight is 508 g/mol. The fourth-order valence-electron chi connectivity index (χ4n) is 4.46. The molecule has 1 N–H and O–H groups in total. The molecule has 4 rings (SSSR count). The molecule has 12 heteroatoms. The molecule has 1 saturated heterocycles. The van der Waals surface area contributed by atoms with Gasteiger partial charge in [0.25, 0.3) is 0 Å². The number of halogens is 3. The van der Waals surface area contributed by atoms with Gasteiger partial charge in [0.2, 0.25) is 11.8 Å². The minimum Gasteiger partial charge on any atom is -0.444 e. The van der Waals surface area contributed by atoms with Crippen LogP contribution in [0.2, 0.25) is 0 Å². The van der Waals surface area contributed by atoms with Crippen LogP contribution in [-0.2, 0) is 20.9 Å². The van der Waals surface area contributed by atoms with Crippen LogP contribution in [0.25, 0.3) is 16.6 Å². The van der Waals surface area contributed by atoms with E-state index in [4.69, 9.17) is 4.74 Å². The van der Waals surface area contributed by atoms with Gasteiger partial charge in [0.05, 0.1) is 11.0 Å². The Morgan fingerprint density at radius 1 is 1.11 bits per heavy atom. The third-order valence-electron chi connectivity index (χ3n) is 6.05. The van der Waals surface area contributed by atoms with Crippen molar-refractivity contribution in [3.05, 3.63) is 40.3 Å². The molecule has 0 bridgehead atoms. The SMILES string of the molecule is CC(C)(C)OC(=O)N1CC=C(c2ccc3c(c2)n(CC(F)(F)F)c(=O)n3C2CCC(=O)NC2=O)CC1. The average Bonchev–Trinajstić information content (AvgIpc) is 3.02. The van der Waals surface area contributed by atoms with Gasteiger partial charge in [0.15, 0.2) is 0 Å². The summed E-state index contributed by atoms with van der Waals surface area (Å²) in [5.41, 5.74) is 0.0374. The standard InChI is InChI=1S/C24H27F3N4O5/c1-23(2,3)36-22(35)29-10-8-14(9-11-29)15-4-5-16-18(12-15)30(13-24(25,26)27)21(34)31(16)17-6-7-19(32)28-20(17)33/h4-5,8,12,17H,6-7,9-11,13H2,1-3H3,(H,28,32,33). The molecule has 0 aliphatic carbocycles. The molecular weight excluding hydrogens is 481 g/mol. The van der Waals surface area contributed by atoms with Crippen LogP contribution in [-0.4, -0.2) is 56.8 Å². The van der Waals surface area contributed by atoms with Crippen LogP contribution in [0.15, 0.2) is 29.1 Å². The predicted octanol–water partition coefficient (Wildman–Crippen LogP) is 3.37. The Balaban J connectivity index is 1.71. The Kier molecular flexibility index (Phi) is 6.48. The molecular formula is C24H27F3N4O5. The Labute approximate surface area is 204 Å². The lowest BCUT2D eigenvalue weighted by atomic mass is 9.99. The fraction of sp³-hybridized carbons (Fsp3) is 0.500. The van der Waals surface area contributed by atoms with Crippen molar-refractivity contribution in [3.8, 4) is 0 Å². The third-order valence-corrected chi connectivity index (χ3v) is 6.05. The first kappa shape index (κ1) is 25.5. The van der Waals surface area contributed by atoms with Gasteiger partial charge >= 0.3 is 18.0 Å². The number of hydrogen-bond donors (Lipinski definition) is 1. The lowest BCUT2D eigenvalue weighted by molar-refractivity contribution is -0.140. The van der Waals surface area contributed by atoms with E-state index in [1.807, 2.05) is 0 Å². The van der Waals surface area contributed by atoms with Crippen molar-refractivity contribution in [2.75, 3.05) is 13.1 Å². The predicted molar refractivity (Wildman–Crippen MR) is 124 cm³/mol. The number of aromatic nitrogens is 2. The Morgan fingerprint density at radius 3 is 2.42 bits per heavy atom. The van der Waals surface area contributed by atoms with Gasteiger partial charge in [-0.25, -0.2) is 9.59 Å². The van der Waals surface area contributed by atoms with E-state index in [9.17, 15) is 32.3 Å². The second kappa shape index (κ2) is 9.14. The zero-order valence-electron chi connectivity index (χ0n) is 20.1. The second-order valence-electron chi connectivity index (χ2n) is 9.93. The maximum absolute atomic E-state index is 13.4. The van der Waals surface area contributed by atoms with Gasteiger partial charge in [0.1, 0.15) is 18.2 Å². The molecule has 0 saturated carbocycles. The number of alkyl halides is 3. The summed E-state index contributed by atoms with van der Waals surface area (Å²) in [5.74, 6) is -1.21. The summed E-state index contributed by atoms with van der Waals surface area (Å²) >= 11 is 0. The van der Waals surface area contributed by atoms with Crippen LogP contribution >= 0.6 is 0 Å². The van der Waals surface area contributed by atoms with E-state index >= 15 is 0 Å². The summed E-state index contributed by atoms with van der Waals surface area (Å²) in [5, 5.41) is 2.15. The Morgan fingerprint density at radius 2 is 1.83 bits per heavy atom. The smallest absolute Gasteiger partial charge is 0.410 e. The van der Waals surface area contributed by atoms with Gasteiger partial charge in [-0.05, 0) is 56.9 Å². The maximum Gasteiger partial charge on any atom is 0.410 e. The zero-order chi connectivity index (χ0) is 26.4. The summed E-state index contributed by atoms with van der Waals surface area (Å²) in [6.45, 7) is 4.43. The van der Waals surface area contributed by atoms with Crippen LogP contribution in [0.4, 0.5) is 18.0 Å². The molecule has 1 unspecified atom stereocenters. The van der Waals surface area contributed by atoms with E-state index in [1.165, 1.54) is 17.0 Å². The highest BCUT2D eigenvalue weighted by molar-refractivity contribution is 6.00. The van der Waals surface area contributed by atoms with Gasteiger partial charge in [-0.15, -0.1) is 0 Å². The van der Waals surface area contributed by atoms with Crippen LogP contribution in [0.3, 0.4) is 0 Å². The molecule has 0 spiro atoms. The third kappa shape index (κ3) is 5.31. The summed E-state index contributed by atoms with van der Waals surface area (Å²) in [4.78, 5) is 50.9. The number of ether oxygens (including phenoxy) is 1. The highest BCUT2D eigenvalue weighted by atomic mass is 19.4. The highest BCUT2D eigenvalue weighted by Crippen LogP contribution is 2.30. The number of carbonyl (C=O) groups excluding carboxylic acids is 3. The lowest BCUT2D eigenvalue weighted by Gasteiger charge is -2.29. The maximum atomic E-state index is 13.4. The van der Waals surface area contributed by atoms with Crippen molar-refractivity contribution in [1.82, 2.24) is 19.4 Å². The molecule has 3 amide bonds. The topological polar surface area (TPSA) is 103 Å². The number of piperidine rings is 1. The zero-order valence-corrected chi connectivity index (χ0v) is 20.1. The van der Waals surface area contributed by atoms with Gasteiger partial charge in [0, 0.05) is 19.5 Å². The van der Waals surface area contributed by atoms with Crippen molar-refractivity contribution < 1.29 is 32.3 Å². The molecule has 0 radical (unpaired) electrons.